The van der Waals surface area contributed by atoms with Gasteiger partial charge in [0.25, 0.3) is 0 Å². The minimum absolute atomic E-state index is 0.186. The zero-order valence-corrected chi connectivity index (χ0v) is 15.5. The first-order chi connectivity index (χ1) is 13.5. The first kappa shape index (κ1) is 17.7. The molecule has 0 spiro atoms. The van der Waals surface area contributed by atoms with E-state index in [1.807, 2.05) is 38.1 Å². The third kappa shape index (κ3) is 3.29. The van der Waals surface area contributed by atoms with Crippen LogP contribution in [0.5, 0.6) is 0 Å². The lowest BCUT2D eigenvalue weighted by atomic mass is 10.1. The Hall–Kier alpha value is -3.74. The van der Waals surface area contributed by atoms with Crippen molar-refractivity contribution in [1.82, 2.24) is 15.0 Å². The highest BCUT2D eigenvalue weighted by Gasteiger charge is 2.14. The summed E-state index contributed by atoms with van der Waals surface area (Å²) < 4.78 is 0. The molecule has 0 bridgehead atoms. The van der Waals surface area contributed by atoms with Crippen molar-refractivity contribution in [3.05, 3.63) is 59.8 Å². The largest absolute Gasteiger partial charge is 0.478 e. The van der Waals surface area contributed by atoms with Crippen molar-refractivity contribution in [1.29, 1.82) is 0 Å². The molecule has 2 aromatic heterocycles. The fourth-order valence-electron chi connectivity index (χ4n) is 3.11. The summed E-state index contributed by atoms with van der Waals surface area (Å²) in [7, 11) is 0. The molecule has 0 fully saturated rings. The van der Waals surface area contributed by atoms with Gasteiger partial charge in [-0.3, -0.25) is 0 Å². The van der Waals surface area contributed by atoms with Crippen LogP contribution in [0.2, 0.25) is 0 Å². The average Bonchev–Trinajstić information content (AvgIpc) is 2.68. The second-order valence-corrected chi connectivity index (χ2v) is 6.48. The lowest BCUT2D eigenvalue weighted by Gasteiger charge is -2.13. The van der Waals surface area contributed by atoms with Crippen molar-refractivity contribution in [2.75, 3.05) is 17.2 Å². The van der Waals surface area contributed by atoms with E-state index in [2.05, 4.69) is 25.6 Å². The molecule has 4 aromatic rings. The van der Waals surface area contributed by atoms with E-state index in [0.29, 0.717) is 29.3 Å². The van der Waals surface area contributed by atoms with Crippen LogP contribution in [0.3, 0.4) is 0 Å². The zero-order chi connectivity index (χ0) is 19.7. The van der Waals surface area contributed by atoms with Crippen molar-refractivity contribution >= 4 is 45.2 Å². The Labute approximate surface area is 161 Å². The number of aromatic carboxylic acids is 1. The lowest BCUT2D eigenvalue weighted by molar-refractivity contribution is 0.0697. The van der Waals surface area contributed by atoms with E-state index in [4.69, 9.17) is 0 Å². The molecule has 7 nitrogen and oxygen atoms in total. The van der Waals surface area contributed by atoms with Crippen molar-refractivity contribution < 1.29 is 9.90 Å². The molecule has 0 aliphatic rings. The fraction of sp³-hybridized carbons (Fsp3) is 0.143. The molecule has 0 amide bonds. The summed E-state index contributed by atoms with van der Waals surface area (Å²) in [6.45, 7) is 4.70. The smallest absolute Gasteiger partial charge is 0.335 e. The standard InChI is InChI=1S/C21H19N5O2/c1-3-22-21-23-11-16-15-8-7-13(20(27)28)10-17(15)25-19(18(16)26-21)24-14-6-4-5-12(2)9-14/h4-11H,3H2,1-2H3,(H,24,25)(H,27,28)(H,22,23,26). The number of hydrogen-bond acceptors (Lipinski definition) is 6. The van der Waals surface area contributed by atoms with Gasteiger partial charge in [0.15, 0.2) is 5.82 Å². The van der Waals surface area contributed by atoms with E-state index in [1.54, 1.807) is 24.4 Å². The Morgan fingerprint density at radius 3 is 2.71 bits per heavy atom. The number of aryl methyl sites for hydroxylation is 1. The molecule has 0 aliphatic carbocycles. The van der Waals surface area contributed by atoms with E-state index in [9.17, 15) is 9.90 Å². The van der Waals surface area contributed by atoms with E-state index in [1.165, 1.54) is 0 Å². The van der Waals surface area contributed by atoms with E-state index in [0.717, 1.165) is 22.0 Å². The van der Waals surface area contributed by atoms with Crippen LogP contribution in [-0.2, 0) is 0 Å². The molecule has 0 saturated carbocycles. The van der Waals surface area contributed by atoms with E-state index in [-0.39, 0.29) is 5.56 Å². The van der Waals surface area contributed by atoms with Crippen LogP contribution in [0.25, 0.3) is 21.8 Å². The van der Waals surface area contributed by atoms with Gasteiger partial charge in [-0.2, -0.15) is 0 Å². The molecule has 0 radical (unpaired) electrons. The molecule has 0 atom stereocenters. The normalized spacial score (nSPS) is 10.9. The highest BCUT2D eigenvalue weighted by Crippen LogP contribution is 2.30. The van der Waals surface area contributed by atoms with Crippen molar-refractivity contribution in [3.63, 3.8) is 0 Å². The van der Waals surface area contributed by atoms with Crippen LogP contribution in [-0.4, -0.2) is 32.6 Å². The summed E-state index contributed by atoms with van der Waals surface area (Å²) in [6.07, 6.45) is 1.74. The van der Waals surface area contributed by atoms with Gasteiger partial charge in [0, 0.05) is 29.2 Å². The quantitative estimate of drug-likeness (QED) is 0.447. The van der Waals surface area contributed by atoms with Crippen LogP contribution in [0.4, 0.5) is 17.5 Å². The number of nitrogens with zero attached hydrogens (tertiary/aromatic N) is 3. The molecule has 0 aliphatic heterocycles. The van der Waals surface area contributed by atoms with Gasteiger partial charge in [0.05, 0.1) is 11.1 Å². The van der Waals surface area contributed by atoms with Gasteiger partial charge in [-0.25, -0.2) is 19.7 Å². The Balaban J connectivity index is 1.96. The van der Waals surface area contributed by atoms with Gasteiger partial charge < -0.3 is 15.7 Å². The molecule has 2 aromatic carbocycles. The number of nitrogens with one attached hydrogen (secondary N) is 2. The molecule has 140 valence electrons. The van der Waals surface area contributed by atoms with Gasteiger partial charge in [-0.15, -0.1) is 0 Å². The molecule has 4 rings (SSSR count). The monoisotopic (exact) mass is 373 g/mol. The van der Waals surface area contributed by atoms with Gasteiger partial charge >= 0.3 is 5.97 Å². The summed E-state index contributed by atoms with van der Waals surface area (Å²) in [5.41, 5.74) is 3.42. The number of aromatic nitrogens is 3. The average molecular weight is 373 g/mol. The Bertz CT molecular complexity index is 1210. The third-order valence-electron chi connectivity index (χ3n) is 4.40. The Kier molecular flexibility index (Phi) is 4.49. The van der Waals surface area contributed by atoms with Crippen LogP contribution in [0, 0.1) is 6.92 Å². The number of rotatable bonds is 5. The highest BCUT2D eigenvalue weighted by atomic mass is 16.4. The minimum Gasteiger partial charge on any atom is -0.478 e. The number of carboxylic acid groups (broad SMARTS) is 1. The number of carbonyl (C=O) groups is 1. The van der Waals surface area contributed by atoms with E-state index >= 15 is 0 Å². The van der Waals surface area contributed by atoms with Crippen molar-refractivity contribution in [2.24, 2.45) is 0 Å². The summed E-state index contributed by atoms with van der Waals surface area (Å²) in [5.74, 6) is 0.0820. The van der Waals surface area contributed by atoms with Crippen LogP contribution in [0.1, 0.15) is 22.8 Å². The second kappa shape index (κ2) is 7.11. The number of carboxylic acids is 1. The fourth-order valence-corrected chi connectivity index (χ4v) is 3.11. The topological polar surface area (TPSA) is 100 Å². The van der Waals surface area contributed by atoms with Gasteiger partial charge in [0.1, 0.15) is 5.52 Å². The third-order valence-corrected chi connectivity index (χ3v) is 4.40. The summed E-state index contributed by atoms with van der Waals surface area (Å²) in [5, 5.41) is 17.4. The van der Waals surface area contributed by atoms with Crippen molar-refractivity contribution in [2.45, 2.75) is 13.8 Å². The first-order valence-corrected chi connectivity index (χ1v) is 8.96. The van der Waals surface area contributed by atoms with Gasteiger partial charge in [-0.05, 0) is 43.7 Å². The Morgan fingerprint density at radius 2 is 1.96 bits per heavy atom. The first-order valence-electron chi connectivity index (χ1n) is 8.96. The van der Waals surface area contributed by atoms with Crippen LogP contribution >= 0.6 is 0 Å². The maximum Gasteiger partial charge on any atom is 0.335 e. The maximum atomic E-state index is 11.4. The number of anilines is 3. The number of pyridine rings is 1. The summed E-state index contributed by atoms with van der Waals surface area (Å²) >= 11 is 0. The van der Waals surface area contributed by atoms with Gasteiger partial charge in [-0.1, -0.05) is 18.2 Å². The predicted molar refractivity (Wildman–Crippen MR) is 110 cm³/mol. The minimum atomic E-state index is -0.990. The highest BCUT2D eigenvalue weighted by molar-refractivity contribution is 6.10. The second-order valence-electron chi connectivity index (χ2n) is 6.48. The van der Waals surface area contributed by atoms with Crippen molar-refractivity contribution in [3.8, 4) is 0 Å². The zero-order valence-electron chi connectivity index (χ0n) is 15.5. The molecule has 7 heteroatoms. The number of benzene rings is 2. The molecule has 0 unspecified atom stereocenters. The Morgan fingerprint density at radius 1 is 1.11 bits per heavy atom. The van der Waals surface area contributed by atoms with Gasteiger partial charge in [0.2, 0.25) is 5.95 Å². The van der Waals surface area contributed by atoms with E-state index < -0.39 is 5.97 Å². The van der Waals surface area contributed by atoms with Crippen LogP contribution < -0.4 is 10.6 Å². The lowest BCUT2D eigenvalue weighted by Crippen LogP contribution is -2.04. The number of fused-ring (bicyclic) bond motifs is 3. The molecule has 0 saturated heterocycles. The molecule has 3 N–H and O–H groups in total. The molecular formula is C21H19N5O2. The predicted octanol–water partition coefficient (Wildman–Crippen LogP) is 4.36. The molecule has 2 heterocycles. The summed E-state index contributed by atoms with van der Waals surface area (Å²) in [4.78, 5) is 25.0. The SMILES string of the molecule is CCNc1ncc2c(n1)c(Nc1cccc(C)c1)nc1cc(C(=O)O)ccc12. The number of hydrogen-bond donors (Lipinski definition) is 3. The maximum absolute atomic E-state index is 11.4. The van der Waals surface area contributed by atoms with Crippen LogP contribution in [0.15, 0.2) is 48.7 Å². The molecule has 28 heavy (non-hydrogen) atoms. The molecular weight excluding hydrogens is 354 g/mol. The summed E-state index contributed by atoms with van der Waals surface area (Å²) in [6, 6.07) is 12.8.